The van der Waals surface area contributed by atoms with Gasteiger partial charge in [0.15, 0.2) is 5.76 Å². The second-order valence-corrected chi connectivity index (χ2v) is 8.00. The average molecular weight is 474 g/mol. The number of ether oxygens (including phenoxy) is 2. The van der Waals surface area contributed by atoms with Crippen molar-refractivity contribution in [3.05, 3.63) is 109 Å². The van der Waals surface area contributed by atoms with Crippen molar-refractivity contribution in [2.75, 3.05) is 19.1 Å². The zero-order valence-electron chi connectivity index (χ0n) is 19.9. The van der Waals surface area contributed by atoms with E-state index in [1.165, 1.54) is 0 Å². The predicted octanol–water partition coefficient (Wildman–Crippen LogP) is 7.37. The highest BCUT2D eigenvalue weighted by Crippen LogP contribution is 2.37. The molecular weight excluding hydrogens is 450 g/mol. The summed E-state index contributed by atoms with van der Waals surface area (Å²) in [5.41, 5.74) is 5.31. The van der Waals surface area contributed by atoms with Crippen molar-refractivity contribution in [3.63, 3.8) is 0 Å². The minimum absolute atomic E-state index is 0.511. The van der Waals surface area contributed by atoms with E-state index in [-0.39, 0.29) is 0 Å². The number of rotatable bonds is 7. The molecule has 0 aliphatic rings. The molecule has 0 spiro atoms. The first kappa shape index (κ1) is 22.8. The summed E-state index contributed by atoms with van der Waals surface area (Å²) < 4.78 is 16.7. The van der Waals surface area contributed by atoms with Crippen LogP contribution in [0, 0.1) is 11.3 Å². The standard InChI is InChI=1S/C30H23N3O3/c1-34-27-15-11-25(12-16-27)33(26-13-17-28(35-2)18-14-26)24-9-7-22(8-10-24)29-20-32-30(36-29)23-5-3-21(19-31)4-6-23/h3-18,20H,1-2H3. The molecular formula is C30H23N3O3. The lowest BCUT2D eigenvalue weighted by Crippen LogP contribution is -2.09. The Morgan fingerprint density at radius 3 is 1.61 bits per heavy atom. The van der Waals surface area contributed by atoms with Crippen molar-refractivity contribution < 1.29 is 13.9 Å². The number of benzene rings is 4. The summed E-state index contributed by atoms with van der Waals surface area (Å²) in [4.78, 5) is 6.58. The van der Waals surface area contributed by atoms with E-state index in [1.54, 1.807) is 32.5 Å². The molecule has 0 amide bonds. The number of hydrogen-bond donors (Lipinski definition) is 0. The Balaban J connectivity index is 1.46. The van der Waals surface area contributed by atoms with Crippen LogP contribution in [-0.2, 0) is 0 Å². The van der Waals surface area contributed by atoms with Crippen LogP contribution in [0.2, 0.25) is 0 Å². The highest BCUT2D eigenvalue weighted by atomic mass is 16.5. The monoisotopic (exact) mass is 473 g/mol. The number of methoxy groups -OCH3 is 2. The summed E-state index contributed by atoms with van der Waals surface area (Å²) >= 11 is 0. The Morgan fingerprint density at radius 1 is 0.667 bits per heavy atom. The van der Waals surface area contributed by atoms with Crippen LogP contribution in [0.25, 0.3) is 22.8 Å². The van der Waals surface area contributed by atoms with Gasteiger partial charge in [-0.15, -0.1) is 0 Å². The van der Waals surface area contributed by atoms with E-state index in [0.29, 0.717) is 17.2 Å². The number of aromatic nitrogens is 1. The zero-order chi connectivity index (χ0) is 24.9. The van der Waals surface area contributed by atoms with Crippen LogP contribution < -0.4 is 14.4 Å². The van der Waals surface area contributed by atoms with Crippen LogP contribution in [0.15, 0.2) is 108 Å². The number of hydrogen-bond acceptors (Lipinski definition) is 6. The molecule has 0 aliphatic carbocycles. The van der Waals surface area contributed by atoms with Gasteiger partial charge in [0.1, 0.15) is 11.5 Å². The van der Waals surface area contributed by atoms with Gasteiger partial charge in [0.2, 0.25) is 5.89 Å². The van der Waals surface area contributed by atoms with E-state index in [2.05, 4.69) is 16.0 Å². The summed E-state index contributed by atoms with van der Waals surface area (Å²) in [5.74, 6) is 2.78. The maximum Gasteiger partial charge on any atom is 0.226 e. The molecule has 0 fully saturated rings. The van der Waals surface area contributed by atoms with Crippen LogP contribution in [0.3, 0.4) is 0 Å². The van der Waals surface area contributed by atoms with E-state index in [4.69, 9.17) is 19.2 Å². The Hall–Kier alpha value is -5.02. The first-order valence-electron chi connectivity index (χ1n) is 11.3. The molecule has 0 aliphatic heterocycles. The number of nitrogens with zero attached hydrogens (tertiary/aromatic N) is 3. The lowest BCUT2D eigenvalue weighted by Gasteiger charge is -2.26. The lowest BCUT2D eigenvalue weighted by atomic mass is 10.1. The van der Waals surface area contributed by atoms with E-state index < -0.39 is 0 Å². The Morgan fingerprint density at radius 2 is 1.14 bits per heavy atom. The number of anilines is 3. The van der Waals surface area contributed by atoms with E-state index in [0.717, 1.165) is 39.7 Å². The molecule has 0 radical (unpaired) electrons. The predicted molar refractivity (Wildman–Crippen MR) is 140 cm³/mol. The molecule has 0 saturated heterocycles. The van der Waals surface area contributed by atoms with Crippen LogP contribution >= 0.6 is 0 Å². The van der Waals surface area contributed by atoms with Gasteiger partial charge in [0.25, 0.3) is 0 Å². The first-order chi connectivity index (χ1) is 17.7. The fourth-order valence-electron chi connectivity index (χ4n) is 3.91. The second-order valence-electron chi connectivity index (χ2n) is 8.00. The maximum atomic E-state index is 9.00. The normalized spacial score (nSPS) is 10.5. The van der Waals surface area contributed by atoms with E-state index in [1.807, 2.05) is 84.9 Å². The largest absolute Gasteiger partial charge is 0.497 e. The van der Waals surface area contributed by atoms with Gasteiger partial charge in [-0.2, -0.15) is 5.26 Å². The molecule has 1 aromatic heterocycles. The van der Waals surface area contributed by atoms with Crippen molar-refractivity contribution in [1.82, 2.24) is 4.98 Å². The van der Waals surface area contributed by atoms with Gasteiger partial charge in [0.05, 0.1) is 32.0 Å². The van der Waals surface area contributed by atoms with Crippen molar-refractivity contribution in [2.24, 2.45) is 0 Å². The number of oxazole rings is 1. The van der Waals surface area contributed by atoms with Gasteiger partial charge >= 0.3 is 0 Å². The summed E-state index contributed by atoms with van der Waals surface area (Å²) in [6.07, 6.45) is 1.72. The number of nitriles is 1. The molecule has 176 valence electrons. The molecule has 0 saturated carbocycles. The van der Waals surface area contributed by atoms with Gasteiger partial charge < -0.3 is 18.8 Å². The molecule has 5 rings (SSSR count). The molecule has 0 atom stereocenters. The van der Waals surface area contributed by atoms with Crippen molar-refractivity contribution in [1.29, 1.82) is 5.26 Å². The van der Waals surface area contributed by atoms with Crippen LogP contribution in [-0.4, -0.2) is 19.2 Å². The average Bonchev–Trinajstić information content (AvgIpc) is 3.45. The topological polar surface area (TPSA) is 71.5 Å². The van der Waals surface area contributed by atoms with Crippen molar-refractivity contribution >= 4 is 17.1 Å². The maximum absolute atomic E-state index is 9.00. The Bertz CT molecular complexity index is 1430. The Kier molecular flexibility index (Phi) is 6.37. The SMILES string of the molecule is COc1ccc(N(c2ccc(OC)cc2)c2ccc(-c3cnc(-c4ccc(C#N)cc4)o3)cc2)cc1. The molecule has 0 bridgehead atoms. The molecule has 6 nitrogen and oxygen atoms in total. The van der Waals surface area contributed by atoms with Crippen LogP contribution in [0.4, 0.5) is 17.1 Å². The van der Waals surface area contributed by atoms with Gasteiger partial charge in [-0.25, -0.2) is 4.98 Å². The van der Waals surface area contributed by atoms with E-state index >= 15 is 0 Å². The Labute approximate surface area is 209 Å². The van der Waals surface area contributed by atoms with Crippen LogP contribution in [0.1, 0.15) is 5.56 Å². The second kappa shape index (κ2) is 10.1. The van der Waals surface area contributed by atoms with E-state index in [9.17, 15) is 0 Å². The smallest absolute Gasteiger partial charge is 0.226 e. The van der Waals surface area contributed by atoms with Gasteiger partial charge in [-0.1, -0.05) is 0 Å². The molecule has 36 heavy (non-hydrogen) atoms. The first-order valence-corrected chi connectivity index (χ1v) is 11.3. The molecule has 1 heterocycles. The molecule has 5 aromatic rings. The summed E-state index contributed by atoms with van der Waals surface area (Å²) in [6, 6.07) is 33.3. The summed E-state index contributed by atoms with van der Waals surface area (Å²) in [7, 11) is 3.32. The third-order valence-corrected chi connectivity index (χ3v) is 5.84. The zero-order valence-corrected chi connectivity index (χ0v) is 19.9. The lowest BCUT2D eigenvalue weighted by molar-refractivity contribution is 0.415. The fraction of sp³-hybridized carbons (Fsp3) is 0.0667. The third-order valence-electron chi connectivity index (χ3n) is 5.84. The molecule has 0 N–H and O–H groups in total. The van der Waals surface area contributed by atoms with Gasteiger partial charge in [-0.3, -0.25) is 0 Å². The highest BCUT2D eigenvalue weighted by Gasteiger charge is 2.14. The quantitative estimate of drug-likeness (QED) is 0.246. The van der Waals surface area contributed by atoms with Gasteiger partial charge in [-0.05, 0) is 97.1 Å². The van der Waals surface area contributed by atoms with Crippen LogP contribution in [0.5, 0.6) is 11.5 Å². The van der Waals surface area contributed by atoms with Gasteiger partial charge in [0, 0.05) is 28.2 Å². The summed E-state index contributed by atoms with van der Waals surface area (Å²) in [5, 5.41) is 9.00. The highest BCUT2D eigenvalue weighted by molar-refractivity contribution is 5.78. The third kappa shape index (κ3) is 4.63. The minimum Gasteiger partial charge on any atom is -0.497 e. The fourth-order valence-corrected chi connectivity index (χ4v) is 3.91. The minimum atomic E-state index is 0.511. The summed E-state index contributed by atoms with van der Waals surface area (Å²) in [6.45, 7) is 0. The molecule has 0 unspecified atom stereocenters. The van der Waals surface area contributed by atoms with Crippen molar-refractivity contribution in [2.45, 2.75) is 0 Å². The molecule has 6 heteroatoms. The van der Waals surface area contributed by atoms with Crippen molar-refractivity contribution in [3.8, 4) is 40.3 Å². The molecule has 4 aromatic carbocycles.